The molecule has 1 heterocycles. The molecule has 0 fully saturated rings. The molecule has 0 radical (unpaired) electrons. The van der Waals surface area contributed by atoms with Crippen LogP contribution in [0.2, 0.25) is 0 Å². The van der Waals surface area contributed by atoms with Crippen LogP contribution >= 0.6 is 8.46 Å². The zero-order chi connectivity index (χ0) is 9.14. The molecular formula is C5H8N3O3P. The third kappa shape index (κ3) is 1.53. The third-order valence-corrected chi connectivity index (χ3v) is 2.22. The Hall–Kier alpha value is -1.16. The molecule has 0 saturated heterocycles. The van der Waals surface area contributed by atoms with Crippen LogP contribution in [-0.2, 0) is 9.36 Å². The number of carboxylic acids is 1. The van der Waals surface area contributed by atoms with Crippen molar-refractivity contribution >= 4 is 20.4 Å². The summed E-state index contributed by atoms with van der Waals surface area (Å²) in [6.45, 7) is 0.878. The number of carboxylic acid groups (broad SMARTS) is 1. The fourth-order valence-electron chi connectivity index (χ4n) is 0.961. The Morgan fingerprint density at radius 2 is 2.50 bits per heavy atom. The van der Waals surface area contributed by atoms with Gasteiger partial charge in [-0.15, -0.1) is 0 Å². The Kier molecular flexibility index (Phi) is 2.60. The van der Waals surface area contributed by atoms with E-state index < -0.39 is 20.2 Å². The number of aliphatic carboxylic acids is 1. The number of nitrogens with zero attached hydrogens (tertiary/aromatic N) is 2. The molecule has 0 saturated carbocycles. The zero-order valence-electron chi connectivity index (χ0n) is 6.17. The van der Waals surface area contributed by atoms with E-state index in [1.54, 1.807) is 0 Å². The van der Waals surface area contributed by atoms with Crippen LogP contribution in [-0.4, -0.2) is 40.8 Å². The minimum absolute atomic E-state index is 0.144. The summed E-state index contributed by atoms with van der Waals surface area (Å²) in [5, 5.41) is 8.59. The van der Waals surface area contributed by atoms with Gasteiger partial charge >= 0.3 is 5.97 Å². The first-order valence-corrected chi connectivity index (χ1v) is 4.17. The van der Waals surface area contributed by atoms with Crippen molar-refractivity contribution in [3.8, 4) is 0 Å². The van der Waals surface area contributed by atoms with Gasteiger partial charge in [0.25, 0.3) is 0 Å². The minimum Gasteiger partial charge on any atom is -0.479 e. The normalized spacial score (nSPS) is 19.3. The van der Waals surface area contributed by atoms with Crippen LogP contribution in [0.4, 0.5) is 0 Å². The topological polar surface area (TPSA) is 96.0 Å². The summed E-state index contributed by atoms with van der Waals surface area (Å²) in [7, 11) is -0.470. The number of rotatable bonds is 3. The number of carbonyl (C=O) groups is 1. The molecule has 0 aromatic carbocycles. The van der Waals surface area contributed by atoms with Gasteiger partial charge in [-0.2, -0.15) is 0 Å². The Morgan fingerprint density at radius 1 is 1.83 bits per heavy atom. The number of guanidine groups is 1. The molecule has 1 aliphatic heterocycles. The lowest BCUT2D eigenvalue weighted by atomic mass is 10.5. The number of hydrogen-bond donors (Lipinski definition) is 2. The zero-order valence-corrected chi connectivity index (χ0v) is 7.07. The Balaban J connectivity index is 2.73. The molecule has 0 bridgehead atoms. The van der Waals surface area contributed by atoms with Crippen LogP contribution in [0.25, 0.3) is 0 Å². The summed E-state index contributed by atoms with van der Waals surface area (Å²) < 4.78 is 10.4. The van der Waals surface area contributed by atoms with E-state index >= 15 is 0 Å². The van der Waals surface area contributed by atoms with Crippen LogP contribution in [0.1, 0.15) is 0 Å². The lowest BCUT2D eigenvalue weighted by Crippen LogP contribution is -2.43. The van der Waals surface area contributed by atoms with Gasteiger partial charge in [-0.25, -0.2) is 4.79 Å². The predicted octanol–water partition coefficient (Wildman–Crippen LogP) is -0.681. The standard InChI is InChI=1S/C5H8N3O3P/c6-5-7-1-2-8(5)3(12-11)4(9)10/h3H,1-2H2,(H2,6,7)(H,9,10). The molecule has 1 aliphatic rings. The van der Waals surface area contributed by atoms with E-state index in [-0.39, 0.29) is 5.96 Å². The summed E-state index contributed by atoms with van der Waals surface area (Å²) >= 11 is 0. The van der Waals surface area contributed by atoms with E-state index in [9.17, 15) is 9.36 Å². The summed E-state index contributed by atoms with van der Waals surface area (Å²) in [6.07, 6.45) is 0. The van der Waals surface area contributed by atoms with Gasteiger partial charge in [0.15, 0.2) is 14.4 Å². The van der Waals surface area contributed by atoms with Gasteiger partial charge in [0, 0.05) is 6.54 Å². The van der Waals surface area contributed by atoms with Crippen molar-refractivity contribution in [2.45, 2.75) is 5.78 Å². The second-order valence-electron chi connectivity index (χ2n) is 2.25. The molecule has 1 rings (SSSR count). The van der Waals surface area contributed by atoms with Gasteiger partial charge in [-0.05, 0) is 0 Å². The maximum Gasteiger partial charge on any atom is 0.338 e. The molecule has 0 spiro atoms. The third-order valence-electron chi connectivity index (χ3n) is 1.52. The van der Waals surface area contributed by atoms with Gasteiger partial charge in [-0.1, -0.05) is 0 Å². The smallest absolute Gasteiger partial charge is 0.338 e. The summed E-state index contributed by atoms with van der Waals surface area (Å²) in [4.78, 5) is 15.6. The van der Waals surface area contributed by atoms with Crippen molar-refractivity contribution in [1.82, 2.24) is 4.90 Å². The van der Waals surface area contributed by atoms with Gasteiger partial charge in [0.2, 0.25) is 5.78 Å². The highest BCUT2D eigenvalue weighted by atomic mass is 31.1. The molecule has 7 heteroatoms. The van der Waals surface area contributed by atoms with Gasteiger partial charge in [-0.3, -0.25) is 9.56 Å². The molecule has 12 heavy (non-hydrogen) atoms. The van der Waals surface area contributed by atoms with Crippen molar-refractivity contribution in [1.29, 1.82) is 0 Å². The van der Waals surface area contributed by atoms with Crippen LogP contribution in [0, 0.1) is 0 Å². The molecule has 0 aliphatic carbocycles. The highest BCUT2D eigenvalue weighted by Gasteiger charge is 2.29. The first-order chi connectivity index (χ1) is 5.66. The van der Waals surface area contributed by atoms with Crippen LogP contribution in [0.5, 0.6) is 0 Å². The summed E-state index contributed by atoms with van der Waals surface area (Å²) in [5.74, 6) is -2.12. The summed E-state index contributed by atoms with van der Waals surface area (Å²) in [6, 6.07) is 0. The Labute approximate surface area is 70.3 Å². The number of nitrogens with two attached hydrogens (primary N) is 1. The van der Waals surface area contributed by atoms with Crippen LogP contribution in [0.15, 0.2) is 4.99 Å². The average molecular weight is 189 g/mol. The fourth-order valence-corrected chi connectivity index (χ4v) is 1.40. The van der Waals surface area contributed by atoms with Crippen molar-refractivity contribution in [3.05, 3.63) is 0 Å². The van der Waals surface area contributed by atoms with Crippen molar-refractivity contribution in [3.63, 3.8) is 0 Å². The van der Waals surface area contributed by atoms with Gasteiger partial charge in [0.05, 0.1) is 6.54 Å². The first-order valence-electron chi connectivity index (χ1n) is 3.28. The van der Waals surface area contributed by atoms with E-state index in [1.807, 2.05) is 0 Å². The second kappa shape index (κ2) is 3.49. The molecule has 1 atom stereocenters. The van der Waals surface area contributed by atoms with E-state index in [2.05, 4.69) is 4.99 Å². The largest absolute Gasteiger partial charge is 0.479 e. The Morgan fingerprint density at radius 3 is 2.83 bits per heavy atom. The SMILES string of the molecule is NC1=NCCN1C(P=O)C(=O)O. The number of hydrogen-bond acceptors (Lipinski definition) is 5. The monoisotopic (exact) mass is 189 g/mol. The molecule has 0 amide bonds. The quantitative estimate of drug-likeness (QED) is 0.573. The minimum atomic E-state index is -1.16. The highest BCUT2D eigenvalue weighted by molar-refractivity contribution is 7.26. The molecule has 66 valence electrons. The molecule has 0 aromatic rings. The van der Waals surface area contributed by atoms with Gasteiger partial charge < -0.3 is 15.7 Å². The maximum atomic E-state index is 10.5. The van der Waals surface area contributed by atoms with E-state index in [0.29, 0.717) is 13.1 Å². The van der Waals surface area contributed by atoms with Crippen molar-refractivity contribution < 1.29 is 14.5 Å². The molecule has 6 nitrogen and oxygen atoms in total. The van der Waals surface area contributed by atoms with E-state index in [4.69, 9.17) is 10.8 Å². The number of aliphatic imine (C=N–C) groups is 1. The van der Waals surface area contributed by atoms with E-state index in [0.717, 1.165) is 0 Å². The molecule has 1 unspecified atom stereocenters. The second-order valence-corrected chi connectivity index (χ2v) is 2.95. The molecular weight excluding hydrogens is 181 g/mol. The molecule has 0 aromatic heterocycles. The molecule has 3 N–H and O–H groups in total. The van der Waals surface area contributed by atoms with Crippen LogP contribution in [0.3, 0.4) is 0 Å². The highest BCUT2D eigenvalue weighted by Crippen LogP contribution is 2.14. The maximum absolute atomic E-state index is 10.5. The Bertz CT molecular complexity index is 242. The summed E-state index contributed by atoms with van der Waals surface area (Å²) in [5.41, 5.74) is 5.36. The van der Waals surface area contributed by atoms with E-state index in [1.165, 1.54) is 4.90 Å². The lowest BCUT2D eigenvalue weighted by Gasteiger charge is -2.19. The van der Waals surface area contributed by atoms with Crippen molar-refractivity contribution in [2.24, 2.45) is 10.7 Å². The van der Waals surface area contributed by atoms with Gasteiger partial charge in [0.1, 0.15) is 0 Å². The average Bonchev–Trinajstić information content (AvgIpc) is 2.38. The lowest BCUT2D eigenvalue weighted by molar-refractivity contribution is -0.138. The predicted molar refractivity (Wildman–Crippen MR) is 42.2 cm³/mol. The van der Waals surface area contributed by atoms with Crippen molar-refractivity contribution in [2.75, 3.05) is 13.1 Å². The fraction of sp³-hybridized carbons (Fsp3) is 0.600. The first kappa shape index (κ1) is 8.93. The van der Waals surface area contributed by atoms with Crippen LogP contribution < -0.4 is 5.73 Å².